The summed E-state index contributed by atoms with van der Waals surface area (Å²) in [7, 11) is 1.58. The average molecular weight is 307 g/mol. The molecule has 120 valence electrons. The Hall–Kier alpha value is -2.37. The molecular weight excluding hydrogens is 286 g/mol. The zero-order chi connectivity index (χ0) is 16.5. The van der Waals surface area contributed by atoms with Gasteiger partial charge in [0.05, 0.1) is 13.5 Å². The van der Waals surface area contributed by atoms with Gasteiger partial charge in [-0.15, -0.1) is 0 Å². The summed E-state index contributed by atoms with van der Waals surface area (Å²) >= 11 is 0. The van der Waals surface area contributed by atoms with E-state index < -0.39 is 12.1 Å². The topological polar surface area (TPSA) is 81.7 Å². The number of methoxy groups -OCH3 is 1. The fourth-order valence-electron chi connectivity index (χ4n) is 1.66. The first-order valence-corrected chi connectivity index (χ1v) is 7.02. The third-order valence-corrected chi connectivity index (χ3v) is 2.98. The summed E-state index contributed by atoms with van der Waals surface area (Å²) in [5.74, 6) is -0.286. The van der Waals surface area contributed by atoms with Gasteiger partial charge in [0, 0.05) is 13.0 Å². The first kappa shape index (κ1) is 17.7. The number of amides is 1. The summed E-state index contributed by atoms with van der Waals surface area (Å²) in [6.07, 6.45) is -0.775. The molecule has 0 unspecified atom stereocenters. The molecule has 1 atom stereocenters. The van der Waals surface area contributed by atoms with Crippen LogP contribution in [0.2, 0.25) is 0 Å². The number of esters is 1. The fraction of sp³-hybridized carbons (Fsp3) is 0.438. The van der Waals surface area contributed by atoms with E-state index in [-0.39, 0.29) is 24.5 Å². The largest absolute Gasteiger partial charge is 0.497 e. The summed E-state index contributed by atoms with van der Waals surface area (Å²) in [4.78, 5) is 34.0. The molecule has 0 saturated carbocycles. The minimum atomic E-state index is -0.891. The summed E-state index contributed by atoms with van der Waals surface area (Å²) in [5.41, 5.74) is 0.907. The summed E-state index contributed by atoms with van der Waals surface area (Å²) in [6.45, 7) is 3.23. The second-order valence-electron chi connectivity index (χ2n) is 4.90. The highest BCUT2D eigenvalue weighted by Crippen LogP contribution is 2.11. The van der Waals surface area contributed by atoms with Crippen LogP contribution in [0.5, 0.6) is 5.75 Å². The van der Waals surface area contributed by atoms with E-state index in [1.807, 2.05) is 12.1 Å². The van der Waals surface area contributed by atoms with Crippen LogP contribution in [0.1, 0.15) is 32.3 Å². The van der Waals surface area contributed by atoms with Crippen LogP contribution in [0.4, 0.5) is 0 Å². The van der Waals surface area contributed by atoms with Gasteiger partial charge in [-0.3, -0.25) is 9.59 Å². The van der Waals surface area contributed by atoms with Gasteiger partial charge in [-0.05, 0) is 31.5 Å². The van der Waals surface area contributed by atoms with Crippen LogP contribution in [0.25, 0.3) is 0 Å². The second-order valence-corrected chi connectivity index (χ2v) is 4.90. The summed E-state index contributed by atoms with van der Waals surface area (Å²) in [5, 5.41) is 2.68. The summed E-state index contributed by atoms with van der Waals surface area (Å²) < 4.78 is 10.0. The van der Waals surface area contributed by atoms with E-state index in [1.54, 1.807) is 19.2 Å². The zero-order valence-corrected chi connectivity index (χ0v) is 13.0. The van der Waals surface area contributed by atoms with Crippen molar-refractivity contribution < 1.29 is 23.9 Å². The molecule has 1 aromatic carbocycles. The highest BCUT2D eigenvalue weighted by atomic mass is 16.5. The summed E-state index contributed by atoms with van der Waals surface area (Å²) in [6, 6.07) is 7.27. The van der Waals surface area contributed by atoms with Crippen molar-refractivity contribution in [2.75, 3.05) is 7.11 Å². The molecule has 0 radical (unpaired) electrons. The fourth-order valence-corrected chi connectivity index (χ4v) is 1.66. The lowest BCUT2D eigenvalue weighted by Gasteiger charge is -2.13. The maximum absolute atomic E-state index is 11.8. The Bertz CT molecular complexity index is 524. The zero-order valence-electron chi connectivity index (χ0n) is 13.0. The van der Waals surface area contributed by atoms with Crippen molar-refractivity contribution in [1.29, 1.82) is 0 Å². The molecule has 0 saturated heterocycles. The van der Waals surface area contributed by atoms with Crippen molar-refractivity contribution in [3.05, 3.63) is 29.8 Å². The predicted molar refractivity (Wildman–Crippen MR) is 80.3 cm³/mol. The Labute approximate surface area is 129 Å². The number of nitrogens with one attached hydrogen (secondary N) is 1. The molecule has 0 aliphatic heterocycles. The number of benzene rings is 1. The quantitative estimate of drug-likeness (QED) is 0.738. The van der Waals surface area contributed by atoms with Crippen LogP contribution in [0.3, 0.4) is 0 Å². The Morgan fingerprint density at radius 3 is 2.32 bits per heavy atom. The highest BCUT2D eigenvalue weighted by Gasteiger charge is 2.17. The van der Waals surface area contributed by atoms with Gasteiger partial charge in [-0.2, -0.15) is 0 Å². The third kappa shape index (κ3) is 6.39. The van der Waals surface area contributed by atoms with Crippen molar-refractivity contribution in [3.63, 3.8) is 0 Å². The highest BCUT2D eigenvalue weighted by molar-refractivity contribution is 5.85. The molecule has 0 bridgehead atoms. The average Bonchev–Trinajstić information content (AvgIpc) is 2.51. The van der Waals surface area contributed by atoms with Crippen LogP contribution >= 0.6 is 0 Å². The van der Waals surface area contributed by atoms with Crippen molar-refractivity contribution in [2.24, 2.45) is 0 Å². The van der Waals surface area contributed by atoms with E-state index in [9.17, 15) is 14.4 Å². The molecule has 0 heterocycles. The van der Waals surface area contributed by atoms with Gasteiger partial charge in [0.25, 0.3) is 5.91 Å². The number of carbonyl (C=O) groups is 3. The number of hydrogen-bond donors (Lipinski definition) is 1. The SMILES string of the molecule is COc1ccc(CNC(=O)[C@@H](C)OC(=O)CCC(C)=O)cc1. The molecule has 1 aromatic rings. The second kappa shape index (κ2) is 8.81. The van der Waals surface area contributed by atoms with E-state index in [0.29, 0.717) is 6.54 Å². The molecule has 6 nitrogen and oxygen atoms in total. The normalized spacial score (nSPS) is 11.4. The number of hydrogen-bond acceptors (Lipinski definition) is 5. The van der Waals surface area contributed by atoms with Gasteiger partial charge in [0.15, 0.2) is 6.10 Å². The predicted octanol–water partition coefficient (Wildman–Crippen LogP) is 1.61. The van der Waals surface area contributed by atoms with Crippen LogP contribution in [-0.4, -0.2) is 30.9 Å². The molecule has 1 rings (SSSR count). The smallest absolute Gasteiger partial charge is 0.307 e. The Morgan fingerprint density at radius 1 is 1.14 bits per heavy atom. The van der Waals surface area contributed by atoms with Crippen LogP contribution in [-0.2, 0) is 25.7 Å². The maximum atomic E-state index is 11.8. The molecule has 22 heavy (non-hydrogen) atoms. The number of ether oxygens (including phenoxy) is 2. The minimum absolute atomic E-state index is 0.00850. The Morgan fingerprint density at radius 2 is 1.77 bits per heavy atom. The number of rotatable bonds is 8. The first-order valence-electron chi connectivity index (χ1n) is 7.02. The standard InChI is InChI=1S/C16H21NO5/c1-11(18)4-9-15(19)22-12(2)16(20)17-10-13-5-7-14(21-3)8-6-13/h5-8,12H,4,9-10H2,1-3H3,(H,17,20)/t12-/m1/s1. The Balaban J connectivity index is 2.36. The molecule has 0 aliphatic rings. The van der Waals surface area contributed by atoms with Gasteiger partial charge in [0.2, 0.25) is 0 Å². The van der Waals surface area contributed by atoms with Crippen molar-refractivity contribution in [2.45, 2.75) is 39.3 Å². The minimum Gasteiger partial charge on any atom is -0.497 e. The van der Waals surface area contributed by atoms with Gasteiger partial charge in [0.1, 0.15) is 11.5 Å². The number of carbonyl (C=O) groups excluding carboxylic acids is 3. The molecule has 0 fully saturated rings. The lowest BCUT2D eigenvalue weighted by Crippen LogP contribution is -2.35. The van der Waals surface area contributed by atoms with Gasteiger partial charge in [-0.25, -0.2) is 0 Å². The molecular formula is C16H21NO5. The molecule has 1 N–H and O–H groups in total. The van der Waals surface area contributed by atoms with E-state index in [4.69, 9.17) is 9.47 Å². The third-order valence-electron chi connectivity index (χ3n) is 2.98. The lowest BCUT2D eigenvalue weighted by molar-refractivity contribution is -0.155. The molecule has 0 spiro atoms. The van der Waals surface area contributed by atoms with Crippen LogP contribution < -0.4 is 10.1 Å². The Kier molecular flexibility index (Phi) is 7.08. The van der Waals surface area contributed by atoms with Crippen molar-refractivity contribution >= 4 is 17.7 Å². The maximum Gasteiger partial charge on any atom is 0.307 e. The van der Waals surface area contributed by atoms with Crippen LogP contribution in [0.15, 0.2) is 24.3 Å². The van der Waals surface area contributed by atoms with E-state index in [0.717, 1.165) is 11.3 Å². The molecule has 1 amide bonds. The monoisotopic (exact) mass is 307 g/mol. The van der Waals surface area contributed by atoms with Crippen molar-refractivity contribution in [3.8, 4) is 5.75 Å². The molecule has 0 aliphatic carbocycles. The lowest BCUT2D eigenvalue weighted by atomic mass is 10.2. The van der Waals surface area contributed by atoms with Gasteiger partial charge < -0.3 is 19.6 Å². The van der Waals surface area contributed by atoms with Crippen LogP contribution in [0, 0.1) is 0 Å². The molecule has 6 heteroatoms. The number of Topliss-reactive ketones (excluding diaryl/α,β-unsaturated/α-hetero) is 1. The van der Waals surface area contributed by atoms with Gasteiger partial charge >= 0.3 is 5.97 Å². The molecule has 0 aromatic heterocycles. The van der Waals surface area contributed by atoms with Crippen molar-refractivity contribution in [1.82, 2.24) is 5.32 Å². The first-order chi connectivity index (χ1) is 10.4. The van der Waals surface area contributed by atoms with E-state index >= 15 is 0 Å². The van der Waals surface area contributed by atoms with E-state index in [2.05, 4.69) is 5.32 Å². The number of ketones is 1. The van der Waals surface area contributed by atoms with E-state index in [1.165, 1.54) is 13.8 Å². The van der Waals surface area contributed by atoms with Gasteiger partial charge in [-0.1, -0.05) is 12.1 Å².